The first-order valence-corrected chi connectivity index (χ1v) is 4.47. The van der Waals surface area contributed by atoms with Crippen molar-refractivity contribution in [3.63, 3.8) is 0 Å². The lowest BCUT2D eigenvalue weighted by Crippen LogP contribution is -2.13. The quantitative estimate of drug-likeness (QED) is 0.311. The predicted molar refractivity (Wildman–Crippen MR) is 65.4 cm³/mol. The molecule has 0 amide bonds. The van der Waals surface area contributed by atoms with E-state index >= 15 is 0 Å². The van der Waals surface area contributed by atoms with Crippen LogP contribution in [-0.2, 0) is 13.1 Å². The van der Waals surface area contributed by atoms with Gasteiger partial charge in [-0.3, -0.25) is 11.3 Å². The minimum Gasteiger partial charge on any atom is -0.326 e. The van der Waals surface area contributed by atoms with E-state index in [4.69, 9.17) is 11.5 Å². The molecule has 0 unspecified atom stereocenters. The van der Waals surface area contributed by atoms with Crippen LogP contribution in [0.3, 0.4) is 0 Å². The molecule has 0 bridgehead atoms. The summed E-state index contributed by atoms with van der Waals surface area (Å²) in [5.74, 6) is 4.60. The lowest BCUT2D eigenvalue weighted by Gasteiger charge is -1.97. The molecule has 1 rings (SSSR count). The third kappa shape index (κ3) is 8.94. The Bertz CT molecular complexity index is 218. The van der Waals surface area contributed by atoms with Gasteiger partial charge >= 0.3 is 0 Å². The van der Waals surface area contributed by atoms with Crippen LogP contribution >= 0.6 is 0 Å². The Morgan fingerprint density at radius 1 is 1.00 bits per heavy atom. The average molecular weight is 208 g/mol. The predicted octanol–water partition coefficient (Wildman–Crippen LogP) is -0.0671. The van der Waals surface area contributed by atoms with E-state index in [9.17, 15) is 0 Å². The zero-order chi connectivity index (χ0) is 12.1. The van der Waals surface area contributed by atoms with Crippen LogP contribution in [0.25, 0.3) is 0 Å². The van der Waals surface area contributed by atoms with Crippen molar-refractivity contribution < 1.29 is 0 Å². The van der Waals surface area contributed by atoms with Crippen molar-refractivity contribution >= 4 is 0 Å². The SMILES string of the molecule is C#C.CNN.NCc1ccc(CN)cc1. The number of hydrogen-bond acceptors (Lipinski definition) is 4. The number of nitrogens with one attached hydrogen (secondary N) is 1. The summed E-state index contributed by atoms with van der Waals surface area (Å²) in [6.45, 7) is 1.20. The maximum atomic E-state index is 5.41. The number of hydrogen-bond donors (Lipinski definition) is 4. The molecule has 0 aliphatic heterocycles. The third-order valence-corrected chi connectivity index (χ3v) is 1.49. The molecule has 0 radical (unpaired) electrons. The smallest absolute Gasteiger partial charge is 0.0178 e. The summed E-state index contributed by atoms with van der Waals surface area (Å²) < 4.78 is 0. The minimum absolute atomic E-state index is 0.602. The zero-order valence-electron chi connectivity index (χ0n) is 9.11. The van der Waals surface area contributed by atoms with Crippen LogP contribution in [0.1, 0.15) is 11.1 Å². The van der Waals surface area contributed by atoms with E-state index in [1.807, 2.05) is 24.3 Å². The molecule has 0 aliphatic carbocycles. The molecule has 0 fully saturated rings. The van der Waals surface area contributed by atoms with E-state index < -0.39 is 0 Å². The lowest BCUT2D eigenvalue weighted by molar-refractivity contribution is 0.900. The van der Waals surface area contributed by atoms with Crippen LogP contribution in [0.5, 0.6) is 0 Å². The molecule has 0 spiro atoms. The number of nitrogens with two attached hydrogens (primary N) is 3. The summed E-state index contributed by atoms with van der Waals surface area (Å²) >= 11 is 0. The van der Waals surface area contributed by atoms with Gasteiger partial charge in [0.1, 0.15) is 0 Å². The normalized spacial score (nSPS) is 7.87. The van der Waals surface area contributed by atoms with Gasteiger partial charge in [0.05, 0.1) is 0 Å². The topological polar surface area (TPSA) is 90.1 Å². The van der Waals surface area contributed by atoms with Gasteiger partial charge in [0, 0.05) is 13.1 Å². The number of terminal acetylenes is 1. The second kappa shape index (κ2) is 12.6. The van der Waals surface area contributed by atoms with E-state index in [0.29, 0.717) is 13.1 Å². The summed E-state index contributed by atoms with van der Waals surface area (Å²) in [4.78, 5) is 0. The van der Waals surface area contributed by atoms with Gasteiger partial charge in [0.25, 0.3) is 0 Å². The molecule has 0 heterocycles. The molecule has 0 saturated carbocycles. The van der Waals surface area contributed by atoms with Crippen molar-refractivity contribution in [1.29, 1.82) is 0 Å². The third-order valence-electron chi connectivity index (χ3n) is 1.49. The van der Waals surface area contributed by atoms with Gasteiger partial charge in [-0.15, -0.1) is 12.8 Å². The van der Waals surface area contributed by atoms with E-state index in [0.717, 1.165) is 11.1 Å². The Labute approximate surface area is 91.8 Å². The highest BCUT2D eigenvalue weighted by Crippen LogP contribution is 2.01. The highest BCUT2D eigenvalue weighted by Gasteiger charge is 1.88. The molecule has 7 N–H and O–H groups in total. The van der Waals surface area contributed by atoms with Crippen molar-refractivity contribution in [3.8, 4) is 12.8 Å². The second-order valence-electron chi connectivity index (χ2n) is 2.51. The standard InChI is InChI=1S/C8H12N2.C2H2.CH6N2/c9-5-7-1-2-8(6-10)4-3-7;1-2;1-3-2/h1-4H,5-6,9-10H2;1-2H;3H,2H2,1H3. The first kappa shape index (κ1) is 16.1. The van der Waals surface area contributed by atoms with Gasteiger partial charge in [-0.2, -0.15) is 0 Å². The van der Waals surface area contributed by atoms with Crippen LogP contribution in [-0.4, -0.2) is 7.05 Å². The minimum atomic E-state index is 0.602. The molecule has 4 heteroatoms. The molecule has 0 saturated heterocycles. The first-order chi connectivity index (χ1) is 7.28. The van der Waals surface area contributed by atoms with E-state index in [-0.39, 0.29) is 0 Å². The van der Waals surface area contributed by atoms with E-state index in [1.54, 1.807) is 7.05 Å². The van der Waals surface area contributed by atoms with Crippen LogP contribution in [0.2, 0.25) is 0 Å². The van der Waals surface area contributed by atoms with Gasteiger partial charge in [0.2, 0.25) is 0 Å². The van der Waals surface area contributed by atoms with Gasteiger partial charge in [-0.05, 0) is 18.2 Å². The van der Waals surface area contributed by atoms with Gasteiger partial charge < -0.3 is 11.5 Å². The molecule has 0 aromatic heterocycles. The van der Waals surface area contributed by atoms with Gasteiger partial charge in [-0.25, -0.2) is 0 Å². The largest absolute Gasteiger partial charge is 0.326 e. The average Bonchev–Trinajstić information content (AvgIpc) is 2.33. The summed E-state index contributed by atoms with van der Waals surface area (Å²) in [7, 11) is 1.65. The molecular formula is C11H20N4. The lowest BCUT2D eigenvalue weighted by atomic mass is 10.1. The number of benzene rings is 1. The van der Waals surface area contributed by atoms with Crippen LogP contribution in [0, 0.1) is 12.8 Å². The summed E-state index contributed by atoms with van der Waals surface area (Å²) in [5, 5.41) is 0. The fraction of sp³-hybridized carbons (Fsp3) is 0.273. The molecule has 84 valence electrons. The van der Waals surface area contributed by atoms with E-state index in [2.05, 4.69) is 24.1 Å². The van der Waals surface area contributed by atoms with E-state index in [1.165, 1.54) is 0 Å². The Hall–Kier alpha value is -1.38. The molecule has 4 nitrogen and oxygen atoms in total. The van der Waals surface area contributed by atoms with Crippen molar-refractivity contribution in [1.82, 2.24) is 5.43 Å². The van der Waals surface area contributed by atoms with Crippen molar-refractivity contribution in [2.75, 3.05) is 7.05 Å². The van der Waals surface area contributed by atoms with Crippen LogP contribution in [0.4, 0.5) is 0 Å². The Balaban J connectivity index is 0. The molecule has 15 heavy (non-hydrogen) atoms. The monoisotopic (exact) mass is 208 g/mol. The fourth-order valence-corrected chi connectivity index (χ4v) is 0.811. The van der Waals surface area contributed by atoms with Crippen molar-refractivity contribution in [2.24, 2.45) is 17.3 Å². The first-order valence-electron chi connectivity index (χ1n) is 4.47. The molecule has 0 aliphatic rings. The number of rotatable bonds is 2. The van der Waals surface area contributed by atoms with Gasteiger partial charge in [0.15, 0.2) is 0 Å². The molecule has 0 atom stereocenters. The number of hydrazine groups is 1. The maximum absolute atomic E-state index is 5.41. The van der Waals surface area contributed by atoms with Crippen LogP contribution in [0.15, 0.2) is 24.3 Å². The highest BCUT2D eigenvalue weighted by molar-refractivity contribution is 5.21. The Kier molecular flexibility index (Phi) is 13.5. The van der Waals surface area contributed by atoms with Crippen molar-refractivity contribution in [2.45, 2.75) is 13.1 Å². The zero-order valence-corrected chi connectivity index (χ0v) is 9.11. The summed E-state index contributed by atoms with van der Waals surface area (Å²) in [6, 6.07) is 8.01. The Morgan fingerprint density at radius 3 is 1.33 bits per heavy atom. The second-order valence-corrected chi connectivity index (χ2v) is 2.51. The molecule has 1 aromatic rings. The molecule has 1 aromatic carbocycles. The fourth-order valence-electron chi connectivity index (χ4n) is 0.811. The summed E-state index contributed by atoms with van der Waals surface area (Å²) in [5.41, 5.74) is 15.4. The van der Waals surface area contributed by atoms with Crippen LogP contribution < -0.4 is 22.7 Å². The summed E-state index contributed by atoms with van der Waals surface area (Å²) in [6.07, 6.45) is 8.00. The maximum Gasteiger partial charge on any atom is 0.0178 e. The van der Waals surface area contributed by atoms with Gasteiger partial charge in [-0.1, -0.05) is 24.3 Å². The Morgan fingerprint density at radius 2 is 1.20 bits per heavy atom. The van der Waals surface area contributed by atoms with Crippen molar-refractivity contribution in [3.05, 3.63) is 35.4 Å². The highest BCUT2D eigenvalue weighted by atomic mass is 15.2. The molecular weight excluding hydrogens is 188 g/mol.